The van der Waals surface area contributed by atoms with E-state index in [0.717, 1.165) is 62.9 Å². The predicted molar refractivity (Wildman–Crippen MR) is 175 cm³/mol. The number of hydrogen-bond acceptors (Lipinski definition) is 8. The average Bonchev–Trinajstić information content (AvgIpc) is 3.80. The van der Waals surface area contributed by atoms with Crippen molar-refractivity contribution in [1.82, 2.24) is 50.2 Å². The van der Waals surface area contributed by atoms with Gasteiger partial charge in [0.1, 0.15) is 5.82 Å². The smallest absolute Gasteiger partial charge is 0.173 e. The molecule has 47 heavy (non-hydrogen) atoms. The molecule has 0 aliphatic carbocycles. The molecule has 2 atom stereocenters. The molecule has 10 nitrogen and oxygen atoms in total. The Labute approximate surface area is 273 Å². The Morgan fingerprint density at radius 3 is 1.62 bits per heavy atom. The number of tetrazole rings is 2. The zero-order valence-electron chi connectivity index (χ0n) is 26.3. The van der Waals surface area contributed by atoms with Gasteiger partial charge >= 0.3 is 0 Å². The van der Waals surface area contributed by atoms with Crippen molar-refractivity contribution in [1.29, 1.82) is 0 Å². The highest BCUT2D eigenvalue weighted by molar-refractivity contribution is 5.30. The van der Waals surface area contributed by atoms with E-state index in [4.69, 9.17) is 0 Å². The molecule has 0 bridgehead atoms. The third-order valence-electron chi connectivity index (χ3n) is 8.86. The lowest BCUT2D eigenvalue weighted by Gasteiger charge is -2.35. The van der Waals surface area contributed by atoms with Crippen LogP contribution < -0.4 is 0 Å². The first-order chi connectivity index (χ1) is 23.2. The number of aryl methyl sites for hydroxylation is 1. The van der Waals surface area contributed by atoms with Gasteiger partial charge in [0.25, 0.3) is 0 Å². The van der Waals surface area contributed by atoms with E-state index in [1.807, 2.05) is 28.9 Å². The molecule has 4 aromatic carbocycles. The van der Waals surface area contributed by atoms with E-state index in [0.29, 0.717) is 0 Å². The van der Waals surface area contributed by atoms with Gasteiger partial charge in [-0.2, -0.15) is 0 Å². The van der Waals surface area contributed by atoms with E-state index >= 15 is 0 Å². The van der Waals surface area contributed by atoms with E-state index in [-0.39, 0.29) is 17.9 Å². The minimum Gasteiger partial charge on any atom is -0.284 e. The standard InChI is InChI=1S/C19H21N5.C17H16FN5/c1-2-15-8-10-17(11-9-15)18-19-20-21-22-24(19)13-12-23(18)14-16-6-4-3-5-7-16;18-15-8-4-7-14(11-15)16-17-19-20-21-23(17)10-9-22(16)12-13-5-2-1-3-6-13/h3-11,18H,2,12-14H2,1H3;1-8,11,16H,9-10,12H2. The molecule has 0 radical (unpaired) electrons. The van der Waals surface area contributed by atoms with Gasteiger partial charge in [-0.1, -0.05) is 104 Å². The summed E-state index contributed by atoms with van der Waals surface area (Å²) in [4.78, 5) is 4.75. The van der Waals surface area contributed by atoms with Crippen LogP contribution in [-0.4, -0.2) is 63.3 Å². The molecule has 0 saturated carbocycles. The van der Waals surface area contributed by atoms with Crippen LogP contribution in [0.1, 0.15) is 58.5 Å². The summed E-state index contributed by atoms with van der Waals surface area (Å²) in [5, 5.41) is 24.3. The Balaban J connectivity index is 0.000000150. The van der Waals surface area contributed by atoms with Crippen molar-refractivity contribution in [3.63, 3.8) is 0 Å². The van der Waals surface area contributed by atoms with Crippen molar-refractivity contribution < 1.29 is 4.39 Å². The number of aromatic nitrogens is 8. The van der Waals surface area contributed by atoms with E-state index in [2.05, 4.69) is 115 Å². The second-order valence-electron chi connectivity index (χ2n) is 11.9. The monoisotopic (exact) mass is 628 g/mol. The Hall–Kier alpha value is -5.13. The summed E-state index contributed by atoms with van der Waals surface area (Å²) in [5.41, 5.74) is 6.00. The van der Waals surface area contributed by atoms with Crippen LogP contribution in [-0.2, 0) is 32.6 Å². The fourth-order valence-electron chi connectivity index (χ4n) is 6.47. The van der Waals surface area contributed by atoms with E-state index in [1.54, 1.807) is 16.8 Å². The average molecular weight is 629 g/mol. The Kier molecular flexibility index (Phi) is 9.16. The van der Waals surface area contributed by atoms with Crippen molar-refractivity contribution in [3.05, 3.63) is 154 Å². The Bertz CT molecular complexity index is 1870. The van der Waals surface area contributed by atoms with Gasteiger partial charge in [0.2, 0.25) is 0 Å². The fraction of sp³-hybridized carbons (Fsp3) is 0.278. The molecule has 0 amide bonds. The van der Waals surface area contributed by atoms with Gasteiger partial charge in [-0.05, 0) is 67.2 Å². The molecular formula is C36H37FN10. The van der Waals surface area contributed by atoms with Crippen LogP contribution in [0.4, 0.5) is 4.39 Å². The molecule has 0 N–H and O–H groups in total. The first-order valence-corrected chi connectivity index (χ1v) is 16.1. The highest BCUT2D eigenvalue weighted by Gasteiger charge is 2.33. The molecule has 238 valence electrons. The number of rotatable bonds is 7. The van der Waals surface area contributed by atoms with Crippen molar-refractivity contribution >= 4 is 0 Å². The minimum atomic E-state index is -0.244. The highest BCUT2D eigenvalue weighted by atomic mass is 19.1. The first kappa shape index (κ1) is 30.5. The number of fused-ring (bicyclic) bond motifs is 2. The first-order valence-electron chi connectivity index (χ1n) is 16.1. The van der Waals surface area contributed by atoms with Crippen LogP contribution >= 0.6 is 0 Å². The Morgan fingerprint density at radius 1 is 0.574 bits per heavy atom. The quantitative estimate of drug-likeness (QED) is 0.237. The van der Waals surface area contributed by atoms with Gasteiger partial charge in [-0.3, -0.25) is 9.80 Å². The topological polar surface area (TPSA) is 93.7 Å². The zero-order valence-corrected chi connectivity index (χ0v) is 26.3. The van der Waals surface area contributed by atoms with Gasteiger partial charge in [0.15, 0.2) is 11.6 Å². The van der Waals surface area contributed by atoms with E-state index in [9.17, 15) is 4.39 Å². The van der Waals surface area contributed by atoms with Crippen molar-refractivity contribution in [3.8, 4) is 0 Å². The van der Waals surface area contributed by atoms with Gasteiger partial charge < -0.3 is 0 Å². The SMILES string of the molecule is CCc1ccc(C2c3nnnn3CCN2Cc2ccccc2)cc1.Fc1cccc(C2c3nnnn3CCN2Cc2ccccc2)c1. The van der Waals surface area contributed by atoms with Crippen LogP contribution in [0.25, 0.3) is 0 Å². The van der Waals surface area contributed by atoms with Crippen LogP contribution in [0.15, 0.2) is 109 Å². The van der Waals surface area contributed by atoms with Crippen LogP contribution in [0.3, 0.4) is 0 Å². The molecule has 0 saturated heterocycles. The fourth-order valence-corrected chi connectivity index (χ4v) is 6.47. The van der Waals surface area contributed by atoms with E-state index < -0.39 is 0 Å². The summed E-state index contributed by atoms with van der Waals surface area (Å²) in [5.74, 6) is 1.45. The van der Waals surface area contributed by atoms with Crippen LogP contribution in [0, 0.1) is 5.82 Å². The normalized spacial score (nSPS) is 17.7. The van der Waals surface area contributed by atoms with Crippen LogP contribution in [0.5, 0.6) is 0 Å². The van der Waals surface area contributed by atoms with Crippen molar-refractivity contribution in [2.75, 3.05) is 13.1 Å². The number of hydrogen-bond donors (Lipinski definition) is 0. The molecule has 11 heteroatoms. The molecule has 8 rings (SSSR count). The summed E-state index contributed by atoms with van der Waals surface area (Å²) >= 11 is 0. The summed E-state index contributed by atoms with van der Waals surface area (Å²) in [7, 11) is 0. The predicted octanol–water partition coefficient (Wildman–Crippen LogP) is 5.26. The number of benzene rings is 4. The maximum atomic E-state index is 13.7. The highest BCUT2D eigenvalue weighted by Crippen LogP contribution is 2.33. The molecule has 2 aliphatic rings. The number of halogens is 1. The van der Waals surface area contributed by atoms with Gasteiger partial charge in [-0.15, -0.1) is 10.2 Å². The molecule has 2 unspecified atom stereocenters. The molecule has 2 aromatic heterocycles. The Morgan fingerprint density at radius 2 is 1.11 bits per heavy atom. The second-order valence-corrected chi connectivity index (χ2v) is 11.9. The lowest BCUT2D eigenvalue weighted by atomic mass is 10.00. The van der Waals surface area contributed by atoms with Gasteiger partial charge in [0, 0.05) is 26.2 Å². The summed E-state index contributed by atoms with van der Waals surface area (Å²) < 4.78 is 17.4. The summed E-state index contributed by atoms with van der Waals surface area (Å²) in [6.45, 7) is 7.17. The minimum absolute atomic E-state index is 0.0971. The summed E-state index contributed by atoms with van der Waals surface area (Å²) in [6.07, 6.45) is 1.05. The third kappa shape index (κ3) is 6.86. The molecule has 4 heterocycles. The number of nitrogens with zero attached hydrogens (tertiary/aromatic N) is 10. The third-order valence-corrected chi connectivity index (χ3v) is 8.86. The lowest BCUT2D eigenvalue weighted by Crippen LogP contribution is -2.39. The maximum absolute atomic E-state index is 13.7. The lowest BCUT2D eigenvalue weighted by molar-refractivity contribution is 0.164. The van der Waals surface area contributed by atoms with Gasteiger partial charge in [0.05, 0.1) is 25.2 Å². The van der Waals surface area contributed by atoms with Gasteiger partial charge in [-0.25, -0.2) is 13.8 Å². The largest absolute Gasteiger partial charge is 0.284 e. The molecule has 0 spiro atoms. The van der Waals surface area contributed by atoms with Crippen LogP contribution in [0.2, 0.25) is 0 Å². The second kappa shape index (κ2) is 14.1. The maximum Gasteiger partial charge on any atom is 0.173 e. The molecule has 6 aromatic rings. The zero-order chi connectivity index (χ0) is 32.0. The van der Waals surface area contributed by atoms with E-state index in [1.165, 1.54) is 28.3 Å². The molecular weight excluding hydrogens is 591 g/mol. The van der Waals surface area contributed by atoms with Crippen molar-refractivity contribution in [2.45, 2.75) is 51.6 Å². The molecule has 0 fully saturated rings. The van der Waals surface area contributed by atoms with Crippen molar-refractivity contribution in [2.24, 2.45) is 0 Å². The molecule has 2 aliphatic heterocycles. The summed E-state index contributed by atoms with van der Waals surface area (Å²) in [6, 6.07) is 36.3.